The van der Waals surface area contributed by atoms with Gasteiger partial charge >= 0.3 is 0 Å². The molecular formula is C13H21N3O2. The van der Waals surface area contributed by atoms with Crippen LogP contribution >= 0.6 is 0 Å². The number of rotatable bonds is 7. The molecule has 1 heterocycles. The molecule has 0 spiro atoms. The minimum atomic E-state index is -0.356. The van der Waals surface area contributed by atoms with Crippen LogP contribution in [-0.2, 0) is 0 Å². The van der Waals surface area contributed by atoms with Gasteiger partial charge in [0.15, 0.2) is 0 Å². The Morgan fingerprint density at radius 2 is 2.22 bits per heavy atom. The molecule has 5 heteroatoms. The van der Waals surface area contributed by atoms with Crippen molar-refractivity contribution in [3.8, 4) is 0 Å². The lowest BCUT2D eigenvalue weighted by Crippen LogP contribution is -2.34. The van der Waals surface area contributed by atoms with Crippen molar-refractivity contribution in [1.29, 1.82) is 0 Å². The summed E-state index contributed by atoms with van der Waals surface area (Å²) in [6.45, 7) is 7.16. The summed E-state index contributed by atoms with van der Waals surface area (Å²) in [7, 11) is 0. The normalized spacial score (nSPS) is 14.2. The molecule has 0 fully saturated rings. The van der Waals surface area contributed by atoms with E-state index in [1.165, 1.54) is 6.20 Å². The molecule has 0 aromatic carbocycles. The van der Waals surface area contributed by atoms with Crippen molar-refractivity contribution in [2.45, 2.75) is 45.6 Å². The van der Waals surface area contributed by atoms with Gasteiger partial charge in [-0.3, -0.25) is 15.1 Å². The summed E-state index contributed by atoms with van der Waals surface area (Å²) < 4.78 is 0. The zero-order valence-electron chi connectivity index (χ0n) is 11.2. The monoisotopic (exact) mass is 251 g/mol. The molecule has 5 nitrogen and oxygen atoms in total. The fourth-order valence-corrected chi connectivity index (χ4v) is 2.16. The molecule has 0 amide bonds. The van der Waals surface area contributed by atoms with E-state index in [0.717, 1.165) is 24.9 Å². The number of hydrogen-bond acceptors (Lipinski definition) is 4. The maximum Gasteiger partial charge on any atom is 0.291 e. The number of nitrogens with one attached hydrogen (secondary N) is 1. The van der Waals surface area contributed by atoms with Gasteiger partial charge in [-0.05, 0) is 25.5 Å². The maximum absolute atomic E-state index is 11.0. The highest BCUT2D eigenvalue weighted by atomic mass is 16.6. The zero-order valence-corrected chi connectivity index (χ0v) is 11.2. The summed E-state index contributed by atoms with van der Waals surface area (Å²) >= 11 is 0. The van der Waals surface area contributed by atoms with Crippen LogP contribution in [0.15, 0.2) is 18.5 Å². The Bertz CT molecular complexity index is 396. The third kappa shape index (κ3) is 3.50. The van der Waals surface area contributed by atoms with Gasteiger partial charge in [0.25, 0.3) is 5.69 Å². The SMILES string of the molecule is CCCNC(CC)C(C)c1ccncc1[N+](=O)[O-]. The Morgan fingerprint density at radius 3 is 2.78 bits per heavy atom. The minimum Gasteiger partial charge on any atom is -0.313 e. The lowest BCUT2D eigenvalue weighted by atomic mass is 9.91. The van der Waals surface area contributed by atoms with Crippen LogP contribution in [0.25, 0.3) is 0 Å². The maximum atomic E-state index is 11.0. The van der Waals surface area contributed by atoms with Gasteiger partial charge in [-0.2, -0.15) is 0 Å². The molecule has 1 aromatic heterocycles. The Balaban J connectivity index is 2.93. The fourth-order valence-electron chi connectivity index (χ4n) is 2.16. The first-order valence-corrected chi connectivity index (χ1v) is 6.43. The van der Waals surface area contributed by atoms with E-state index in [0.29, 0.717) is 0 Å². The molecule has 0 aliphatic carbocycles. The van der Waals surface area contributed by atoms with Crippen LogP contribution in [0.2, 0.25) is 0 Å². The smallest absolute Gasteiger partial charge is 0.291 e. The molecule has 0 saturated carbocycles. The Morgan fingerprint density at radius 1 is 1.50 bits per heavy atom. The van der Waals surface area contributed by atoms with Crippen molar-refractivity contribution in [2.75, 3.05) is 6.54 Å². The number of nitro groups is 1. The van der Waals surface area contributed by atoms with E-state index in [1.54, 1.807) is 12.3 Å². The Kier molecular flexibility index (Phi) is 5.71. The molecule has 0 aliphatic rings. The van der Waals surface area contributed by atoms with E-state index in [-0.39, 0.29) is 22.6 Å². The van der Waals surface area contributed by atoms with E-state index in [9.17, 15) is 10.1 Å². The summed E-state index contributed by atoms with van der Waals surface area (Å²) in [5, 5.41) is 14.4. The van der Waals surface area contributed by atoms with E-state index in [4.69, 9.17) is 0 Å². The predicted octanol–water partition coefficient (Wildman–Crippen LogP) is 2.87. The second kappa shape index (κ2) is 7.06. The van der Waals surface area contributed by atoms with Gasteiger partial charge in [-0.1, -0.05) is 20.8 Å². The molecule has 0 saturated heterocycles. The summed E-state index contributed by atoms with van der Waals surface area (Å²) in [4.78, 5) is 14.5. The van der Waals surface area contributed by atoms with E-state index >= 15 is 0 Å². The molecule has 0 bridgehead atoms. The van der Waals surface area contributed by atoms with E-state index < -0.39 is 0 Å². The Hall–Kier alpha value is -1.49. The molecule has 1 rings (SSSR count). The summed E-state index contributed by atoms with van der Waals surface area (Å²) in [5.74, 6) is 0.102. The number of hydrogen-bond donors (Lipinski definition) is 1. The topological polar surface area (TPSA) is 68.1 Å². The molecule has 1 aromatic rings. The van der Waals surface area contributed by atoms with Gasteiger partial charge in [0, 0.05) is 23.7 Å². The number of pyridine rings is 1. The highest BCUT2D eigenvalue weighted by molar-refractivity contribution is 5.40. The van der Waals surface area contributed by atoms with Crippen LogP contribution in [0.4, 0.5) is 5.69 Å². The Labute approximate surface area is 108 Å². The van der Waals surface area contributed by atoms with Crippen molar-refractivity contribution in [3.05, 3.63) is 34.1 Å². The third-order valence-corrected chi connectivity index (χ3v) is 3.22. The van der Waals surface area contributed by atoms with Crippen LogP contribution in [0, 0.1) is 10.1 Å². The second-order valence-electron chi connectivity index (χ2n) is 4.45. The summed E-state index contributed by atoms with van der Waals surface area (Å²) in [5.41, 5.74) is 0.868. The molecule has 1 N–H and O–H groups in total. The van der Waals surface area contributed by atoms with Gasteiger partial charge in [-0.15, -0.1) is 0 Å². The molecule has 2 atom stereocenters. The molecule has 0 aliphatic heterocycles. The van der Waals surface area contributed by atoms with Crippen molar-refractivity contribution in [3.63, 3.8) is 0 Å². The van der Waals surface area contributed by atoms with E-state index in [1.807, 2.05) is 6.92 Å². The predicted molar refractivity (Wildman–Crippen MR) is 71.7 cm³/mol. The number of nitrogens with zero attached hydrogens (tertiary/aromatic N) is 2. The standard InChI is InChI=1S/C13H21N3O2/c1-4-7-15-12(5-2)10(3)11-6-8-14-9-13(11)16(17)18/h6,8-10,12,15H,4-5,7H2,1-3H3. The van der Waals surface area contributed by atoms with Crippen molar-refractivity contribution < 1.29 is 4.92 Å². The van der Waals surface area contributed by atoms with E-state index in [2.05, 4.69) is 24.1 Å². The lowest BCUT2D eigenvalue weighted by molar-refractivity contribution is -0.386. The van der Waals surface area contributed by atoms with Crippen LogP contribution in [0.3, 0.4) is 0 Å². The molecule has 2 unspecified atom stereocenters. The lowest BCUT2D eigenvalue weighted by Gasteiger charge is -2.24. The van der Waals surface area contributed by atoms with Gasteiger partial charge < -0.3 is 5.32 Å². The van der Waals surface area contributed by atoms with Crippen LogP contribution in [0.1, 0.15) is 45.1 Å². The van der Waals surface area contributed by atoms with Gasteiger partial charge in [0.2, 0.25) is 0 Å². The fraction of sp³-hybridized carbons (Fsp3) is 0.615. The summed E-state index contributed by atoms with van der Waals surface area (Å²) in [6.07, 6.45) is 4.95. The highest BCUT2D eigenvalue weighted by Crippen LogP contribution is 2.28. The average Bonchev–Trinajstić information content (AvgIpc) is 2.39. The quantitative estimate of drug-likeness (QED) is 0.597. The van der Waals surface area contributed by atoms with Crippen LogP contribution in [-0.4, -0.2) is 22.5 Å². The van der Waals surface area contributed by atoms with Crippen molar-refractivity contribution in [2.24, 2.45) is 0 Å². The van der Waals surface area contributed by atoms with Crippen LogP contribution < -0.4 is 5.32 Å². The molecule has 18 heavy (non-hydrogen) atoms. The first-order valence-electron chi connectivity index (χ1n) is 6.43. The van der Waals surface area contributed by atoms with Crippen molar-refractivity contribution in [1.82, 2.24) is 10.3 Å². The van der Waals surface area contributed by atoms with Gasteiger partial charge in [0.1, 0.15) is 6.20 Å². The average molecular weight is 251 g/mol. The minimum absolute atomic E-state index is 0.102. The second-order valence-corrected chi connectivity index (χ2v) is 4.45. The van der Waals surface area contributed by atoms with Gasteiger partial charge in [-0.25, -0.2) is 0 Å². The highest BCUT2D eigenvalue weighted by Gasteiger charge is 2.24. The largest absolute Gasteiger partial charge is 0.313 e. The first kappa shape index (κ1) is 14.6. The summed E-state index contributed by atoms with van der Waals surface area (Å²) in [6, 6.07) is 2.00. The number of aromatic nitrogens is 1. The molecule has 100 valence electrons. The first-order chi connectivity index (χ1) is 8.61. The molecular weight excluding hydrogens is 230 g/mol. The third-order valence-electron chi connectivity index (χ3n) is 3.22. The van der Waals surface area contributed by atoms with Gasteiger partial charge in [0.05, 0.1) is 4.92 Å². The molecule has 0 radical (unpaired) electrons. The van der Waals surface area contributed by atoms with Crippen LogP contribution in [0.5, 0.6) is 0 Å². The zero-order chi connectivity index (χ0) is 13.5. The van der Waals surface area contributed by atoms with Crippen molar-refractivity contribution >= 4 is 5.69 Å².